The fraction of sp³-hybridized carbons (Fsp3) is 0.357. The van der Waals surface area contributed by atoms with Gasteiger partial charge in [-0.05, 0) is 12.5 Å². The lowest BCUT2D eigenvalue weighted by Crippen LogP contribution is -2.30. The summed E-state index contributed by atoms with van der Waals surface area (Å²) in [5.74, 6) is -0.212. The van der Waals surface area contributed by atoms with Gasteiger partial charge in [-0.1, -0.05) is 48.0 Å². The lowest BCUT2D eigenvalue weighted by atomic mass is 10.2. The number of rotatable bonds is 7. The summed E-state index contributed by atoms with van der Waals surface area (Å²) in [6.45, 7) is 3.80. The number of carbonyl (C=O) groups is 1. The molecule has 1 aromatic carbocycles. The molecule has 98 valence electrons. The maximum Gasteiger partial charge on any atom is 0.320 e. The molecule has 0 aromatic heterocycles. The third-order valence-electron chi connectivity index (χ3n) is 2.36. The fourth-order valence-electron chi connectivity index (χ4n) is 1.60. The molecule has 0 N–H and O–H groups in total. The van der Waals surface area contributed by atoms with Crippen LogP contribution in [0.15, 0.2) is 41.9 Å². The topological polar surface area (TPSA) is 29.5 Å². The van der Waals surface area contributed by atoms with Crippen molar-refractivity contribution in [2.45, 2.75) is 13.5 Å². The first-order valence-corrected chi connectivity index (χ1v) is 6.37. The van der Waals surface area contributed by atoms with E-state index in [9.17, 15) is 4.79 Å². The van der Waals surface area contributed by atoms with E-state index in [0.29, 0.717) is 19.7 Å². The molecular weight excluding hydrogens is 250 g/mol. The molecule has 0 saturated heterocycles. The largest absolute Gasteiger partial charge is 0.465 e. The molecule has 0 aliphatic rings. The smallest absolute Gasteiger partial charge is 0.320 e. The summed E-state index contributed by atoms with van der Waals surface area (Å²) >= 11 is 5.52. The van der Waals surface area contributed by atoms with E-state index in [4.69, 9.17) is 16.3 Å². The second-order valence-electron chi connectivity index (χ2n) is 3.82. The first-order valence-electron chi connectivity index (χ1n) is 5.93. The van der Waals surface area contributed by atoms with Crippen molar-refractivity contribution in [3.05, 3.63) is 47.5 Å². The number of halogens is 1. The Balaban J connectivity index is 2.57. The quantitative estimate of drug-likeness (QED) is 0.712. The molecular formula is C14H18ClNO2. The van der Waals surface area contributed by atoms with Gasteiger partial charge in [-0.25, -0.2) is 0 Å². The van der Waals surface area contributed by atoms with Crippen molar-refractivity contribution < 1.29 is 9.53 Å². The Kier molecular flexibility index (Phi) is 7.14. The zero-order chi connectivity index (χ0) is 13.2. The van der Waals surface area contributed by atoms with Gasteiger partial charge in [0.05, 0.1) is 13.2 Å². The molecule has 1 rings (SSSR count). The molecule has 0 aliphatic carbocycles. The Morgan fingerprint density at radius 3 is 2.72 bits per heavy atom. The van der Waals surface area contributed by atoms with Gasteiger partial charge in [0.15, 0.2) is 0 Å². The van der Waals surface area contributed by atoms with E-state index >= 15 is 0 Å². The summed E-state index contributed by atoms with van der Waals surface area (Å²) in [7, 11) is 0. The first-order chi connectivity index (χ1) is 8.76. The molecule has 0 atom stereocenters. The highest BCUT2D eigenvalue weighted by atomic mass is 35.5. The lowest BCUT2D eigenvalue weighted by Gasteiger charge is -2.19. The molecule has 0 bridgehead atoms. The van der Waals surface area contributed by atoms with Crippen LogP contribution in [0, 0.1) is 0 Å². The number of ether oxygens (including phenoxy) is 1. The van der Waals surface area contributed by atoms with Gasteiger partial charge in [0.1, 0.15) is 0 Å². The molecule has 18 heavy (non-hydrogen) atoms. The van der Waals surface area contributed by atoms with Gasteiger partial charge < -0.3 is 4.74 Å². The molecule has 0 spiro atoms. The van der Waals surface area contributed by atoms with Crippen LogP contribution in [0.4, 0.5) is 0 Å². The monoisotopic (exact) mass is 267 g/mol. The predicted molar refractivity (Wildman–Crippen MR) is 73.3 cm³/mol. The van der Waals surface area contributed by atoms with Crippen molar-refractivity contribution in [2.75, 3.05) is 19.7 Å². The minimum absolute atomic E-state index is 0.212. The Morgan fingerprint density at radius 1 is 1.39 bits per heavy atom. The van der Waals surface area contributed by atoms with Crippen LogP contribution in [0.2, 0.25) is 0 Å². The summed E-state index contributed by atoms with van der Waals surface area (Å²) in [6, 6.07) is 9.99. The van der Waals surface area contributed by atoms with Crippen molar-refractivity contribution in [3.63, 3.8) is 0 Å². The van der Waals surface area contributed by atoms with Crippen LogP contribution < -0.4 is 0 Å². The minimum Gasteiger partial charge on any atom is -0.465 e. The van der Waals surface area contributed by atoms with Crippen LogP contribution in [-0.4, -0.2) is 30.6 Å². The number of hydrogen-bond acceptors (Lipinski definition) is 3. The third kappa shape index (κ3) is 5.84. The molecule has 0 radical (unpaired) electrons. The molecule has 0 saturated carbocycles. The van der Waals surface area contributed by atoms with Crippen molar-refractivity contribution in [1.29, 1.82) is 0 Å². The molecule has 0 amide bonds. The molecule has 4 heteroatoms. The highest BCUT2D eigenvalue weighted by molar-refractivity contribution is 6.25. The maximum absolute atomic E-state index is 11.5. The van der Waals surface area contributed by atoms with E-state index < -0.39 is 0 Å². The Labute approximate surface area is 113 Å². The van der Waals surface area contributed by atoms with E-state index in [1.54, 1.807) is 6.92 Å². The number of nitrogens with zero attached hydrogens (tertiary/aromatic N) is 1. The number of hydrogen-bond donors (Lipinski definition) is 0. The molecule has 1 aromatic rings. The van der Waals surface area contributed by atoms with Crippen molar-refractivity contribution in [3.8, 4) is 0 Å². The average molecular weight is 268 g/mol. The van der Waals surface area contributed by atoms with Crippen LogP contribution in [0.25, 0.3) is 0 Å². The van der Waals surface area contributed by atoms with Crippen LogP contribution in [-0.2, 0) is 16.1 Å². The van der Waals surface area contributed by atoms with E-state index in [1.807, 2.05) is 41.3 Å². The summed E-state index contributed by atoms with van der Waals surface area (Å²) in [4.78, 5) is 13.5. The molecule has 0 aliphatic heterocycles. The average Bonchev–Trinajstić information content (AvgIpc) is 2.37. The molecule has 0 unspecified atom stereocenters. The van der Waals surface area contributed by atoms with Gasteiger partial charge in [0.25, 0.3) is 0 Å². The van der Waals surface area contributed by atoms with Gasteiger partial charge in [-0.3, -0.25) is 9.69 Å². The maximum atomic E-state index is 11.5. The van der Waals surface area contributed by atoms with Crippen LogP contribution in [0.1, 0.15) is 12.5 Å². The Hall–Kier alpha value is -1.32. The van der Waals surface area contributed by atoms with Crippen molar-refractivity contribution >= 4 is 17.6 Å². The summed E-state index contributed by atoms with van der Waals surface area (Å²) in [5, 5.41) is 0. The first kappa shape index (κ1) is 14.7. The number of esters is 1. The van der Waals surface area contributed by atoms with Gasteiger partial charge in [-0.15, -0.1) is 0 Å². The van der Waals surface area contributed by atoms with E-state index in [1.165, 1.54) is 5.54 Å². The van der Waals surface area contributed by atoms with Gasteiger partial charge in [-0.2, -0.15) is 0 Å². The lowest BCUT2D eigenvalue weighted by molar-refractivity contribution is -0.144. The summed E-state index contributed by atoms with van der Waals surface area (Å²) in [5.41, 5.74) is 2.62. The minimum atomic E-state index is -0.212. The molecule has 3 nitrogen and oxygen atoms in total. The van der Waals surface area contributed by atoms with Crippen LogP contribution in [0.5, 0.6) is 0 Å². The van der Waals surface area contributed by atoms with E-state index in [0.717, 1.165) is 5.56 Å². The number of benzene rings is 1. The highest BCUT2D eigenvalue weighted by Gasteiger charge is 2.10. The molecule has 0 heterocycles. The zero-order valence-electron chi connectivity index (χ0n) is 10.5. The Bertz CT molecular complexity index is 379. The van der Waals surface area contributed by atoms with Crippen LogP contribution in [0.3, 0.4) is 0 Å². The summed E-state index contributed by atoms with van der Waals surface area (Å²) in [6.07, 6.45) is 1.81. The van der Waals surface area contributed by atoms with E-state index in [2.05, 4.69) is 0 Å². The summed E-state index contributed by atoms with van der Waals surface area (Å²) < 4.78 is 4.95. The molecule has 0 fully saturated rings. The van der Waals surface area contributed by atoms with Gasteiger partial charge >= 0.3 is 5.97 Å². The highest BCUT2D eigenvalue weighted by Crippen LogP contribution is 2.05. The van der Waals surface area contributed by atoms with Gasteiger partial charge in [0.2, 0.25) is 0 Å². The van der Waals surface area contributed by atoms with Crippen molar-refractivity contribution in [2.24, 2.45) is 0 Å². The number of carbonyl (C=O) groups excluding carboxylic acids is 1. The van der Waals surface area contributed by atoms with Gasteiger partial charge in [0, 0.05) is 18.6 Å². The van der Waals surface area contributed by atoms with Crippen LogP contribution >= 0.6 is 11.6 Å². The standard InChI is InChI=1S/C14H18ClNO2/c1-2-18-14(17)12-16(10-6-9-15)11-13-7-4-3-5-8-13/h3-9H,2,10-12H2,1H3/b9-6+. The van der Waals surface area contributed by atoms with E-state index in [-0.39, 0.29) is 12.5 Å². The Morgan fingerprint density at radius 2 is 2.11 bits per heavy atom. The second-order valence-corrected chi connectivity index (χ2v) is 4.07. The second kappa shape index (κ2) is 8.72. The SMILES string of the molecule is CCOC(=O)CN(C/C=C/Cl)Cc1ccccc1. The third-order valence-corrected chi connectivity index (χ3v) is 2.54. The fourth-order valence-corrected chi connectivity index (χ4v) is 1.68. The zero-order valence-corrected chi connectivity index (χ0v) is 11.3. The normalized spacial score (nSPS) is 11.1. The van der Waals surface area contributed by atoms with Crippen molar-refractivity contribution in [1.82, 2.24) is 4.90 Å². The predicted octanol–water partition coefficient (Wildman–Crippen LogP) is 2.80.